The summed E-state index contributed by atoms with van der Waals surface area (Å²) in [5, 5.41) is 4.09. The Bertz CT molecular complexity index is 388. The van der Waals surface area contributed by atoms with E-state index in [0.717, 1.165) is 5.75 Å². The zero-order valence-corrected chi connectivity index (χ0v) is 10.7. The summed E-state index contributed by atoms with van der Waals surface area (Å²) in [5.41, 5.74) is 13.5. The molecule has 0 saturated carbocycles. The maximum absolute atomic E-state index is 11.9. The number of carbonyl (C=O) groups is 1. The Hall–Kier alpha value is -1.01. The standard InChI is InChI=1S/C10H18N4OS/c1-6-9(12)7(2)14(13-6)10(15)8(11)4-5-16-3/h8H,4-5,11-12H2,1-3H3/t8-/m0/s1. The molecule has 5 nitrogen and oxygen atoms in total. The van der Waals surface area contributed by atoms with Gasteiger partial charge >= 0.3 is 0 Å². The lowest BCUT2D eigenvalue weighted by Crippen LogP contribution is -2.36. The molecule has 0 bridgehead atoms. The van der Waals surface area contributed by atoms with Crippen molar-refractivity contribution < 1.29 is 4.79 Å². The molecule has 4 N–H and O–H groups in total. The predicted molar refractivity (Wildman–Crippen MR) is 67.7 cm³/mol. The van der Waals surface area contributed by atoms with Crippen LogP contribution in [0.5, 0.6) is 0 Å². The van der Waals surface area contributed by atoms with Crippen LogP contribution in [0.2, 0.25) is 0 Å². The first-order chi connectivity index (χ1) is 7.49. The summed E-state index contributed by atoms with van der Waals surface area (Å²) in [6.07, 6.45) is 2.64. The Morgan fingerprint density at radius 2 is 2.19 bits per heavy atom. The summed E-state index contributed by atoms with van der Waals surface area (Å²) in [5.74, 6) is 0.674. The van der Waals surface area contributed by atoms with E-state index in [2.05, 4.69) is 5.10 Å². The van der Waals surface area contributed by atoms with Crippen LogP contribution in [0, 0.1) is 13.8 Å². The van der Waals surface area contributed by atoms with Crippen LogP contribution in [0.4, 0.5) is 5.69 Å². The van der Waals surface area contributed by atoms with Crippen LogP contribution in [0.3, 0.4) is 0 Å². The summed E-state index contributed by atoms with van der Waals surface area (Å²) >= 11 is 1.67. The Labute approximate surface area is 99.6 Å². The molecule has 6 heteroatoms. The van der Waals surface area contributed by atoms with E-state index in [1.165, 1.54) is 4.68 Å². The average Bonchev–Trinajstić information content (AvgIpc) is 2.52. The van der Waals surface area contributed by atoms with Gasteiger partial charge < -0.3 is 11.5 Å². The number of hydrogen-bond acceptors (Lipinski definition) is 5. The molecule has 0 spiro atoms. The van der Waals surface area contributed by atoms with Gasteiger partial charge in [0.15, 0.2) is 0 Å². The maximum Gasteiger partial charge on any atom is 0.264 e. The SMILES string of the molecule is CSCC[C@H](N)C(=O)n1nc(C)c(N)c1C. The fourth-order valence-corrected chi connectivity index (χ4v) is 1.88. The minimum Gasteiger partial charge on any atom is -0.396 e. The van der Waals surface area contributed by atoms with Crippen molar-refractivity contribution in [3.05, 3.63) is 11.4 Å². The van der Waals surface area contributed by atoms with E-state index in [1.54, 1.807) is 25.6 Å². The molecule has 0 aromatic carbocycles. The van der Waals surface area contributed by atoms with Gasteiger partial charge in [-0.2, -0.15) is 16.9 Å². The van der Waals surface area contributed by atoms with Crippen molar-refractivity contribution in [1.29, 1.82) is 0 Å². The van der Waals surface area contributed by atoms with Crippen molar-refractivity contribution in [1.82, 2.24) is 9.78 Å². The van der Waals surface area contributed by atoms with Gasteiger partial charge in [-0.15, -0.1) is 0 Å². The van der Waals surface area contributed by atoms with Gasteiger partial charge in [-0.3, -0.25) is 4.79 Å². The highest BCUT2D eigenvalue weighted by molar-refractivity contribution is 7.98. The normalized spacial score (nSPS) is 12.8. The zero-order chi connectivity index (χ0) is 12.3. The first kappa shape index (κ1) is 13.1. The second-order valence-electron chi connectivity index (χ2n) is 3.72. The van der Waals surface area contributed by atoms with Crippen LogP contribution in [-0.2, 0) is 0 Å². The Balaban J connectivity index is 2.84. The van der Waals surface area contributed by atoms with Gasteiger partial charge in [-0.25, -0.2) is 4.68 Å². The first-order valence-electron chi connectivity index (χ1n) is 5.09. The van der Waals surface area contributed by atoms with E-state index in [0.29, 0.717) is 23.5 Å². The molecular formula is C10H18N4OS. The molecule has 1 aromatic heterocycles. The Kier molecular flexibility index (Phi) is 4.37. The van der Waals surface area contributed by atoms with Gasteiger partial charge in [0.2, 0.25) is 0 Å². The van der Waals surface area contributed by atoms with E-state index in [4.69, 9.17) is 11.5 Å². The molecule has 1 aromatic rings. The van der Waals surface area contributed by atoms with Gasteiger partial charge in [-0.1, -0.05) is 0 Å². The molecule has 0 aliphatic rings. The van der Waals surface area contributed by atoms with E-state index in [1.807, 2.05) is 6.26 Å². The molecule has 0 amide bonds. The third kappa shape index (κ3) is 2.56. The van der Waals surface area contributed by atoms with Crippen molar-refractivity contribution in [3.8, 4) is 0 Å². The van der Waals surface area contributed by atoms with Crippen molar-refractivity contribution in [2.75, 3.05) is 17.7 Å². The lowest BCUT2D eigenvalue weighted by Gasteiger charge is -2.10. The third-order valence-corrected chi connectivity index (χ3v) is 3.15. The minimum absolute atomic E-state index is 0.189. The number of aromatic nitrogens is 2. The van der Waals surface area contributed by atoms with Gasteiger partial charge in [0.1, 0.15) is 0 Å². The smallest absolute Gasteiger partial charge is 0.264 e. The quantitative estimate of drug-likeness (QED) is 0.815. The summed E-state index contributed by atoms with van der Waals surface area (Å²) in [4.78, 5) is 11.9. The molecule has 0 radical (unpaired) electrons. The molecule has 0 aliphatic carbocycles. The van der Waals surface area contributed by atoms with Crippen LogP contribution >= 0.6 is 11.8 Å². The molecule has 16 heavy (non-hydrogen) atoms. The average molecular weight is 242 g/mol. The highest BCUT2D eigenvalue weighted by atomic mass is 32.2. The zero-order valence-electron chi connectivity index (χ0n) is 9.86. The van der Waals surface area contributed by atoms with Crippen molar-refractivity contribution in [2.45, 2.75) is 26.3 Å². The molecule has 1 heterocycles. The topological polar surface area (TPSA) is 86.9 Å². The lowest BCUT2D eigenvalue weighted by atomic mass is 10.2. The molecule has 1 atom stereocenters. The predicted octanol–water partition coefficient (Wildman–Crippen LogP) is 0.803. The molecule has 0 unspecified atom stereocenters. The molecule has 90 valence electrons. The highest BCUT2D eigenvalue weighted by Gasteiger charge is 2.20. The van der Waals surface area contributed by atoms with Gasteiger partial charge in [0.05, 0.1) is 23.1 Å². The van der Waals surface area contributed by atoms with E-state index < -0.39 is 6.04 Å². The second-order valence-corrected chi connectivity index (χ2v) is 4.71. The van der Waals surface area contributed by atoms with Crippen LogP contribution in [0.15, 0.2) is 0 Å². The maximum atomic E-state index is 11.9. The number of nitrogen functional groups attached to an aromatic ring is 1. The summed E-state index contributed by atoms with van der Waals surface area (Å²) < 4.78 is 1.32. The van der Waals surface area contributed by atoms with E-state index in [-0.39, 0.29) is 5.91 Å². The lowest BCUT2D eigenvalue weighted by molar-refractivity contribution is 0.0859. The summed E-state index contributed by atoms with van der Waals surface area (Å²) in [7, 11) is 0. The van der Waals surface area contributed by atoms with Gasteiger partial charge in [0.25, 0.3) is 5.91 Å². The van der Waals surface area contributed by atoms with Crippen molar-refractivity contribution in [3.63, 3.8) is 0 Å². The van der Waals surface area contributed by atoms with Gasteiger partial charge in [-0.05, 0) is 32.3 Å². The van der Waals surface area contributed by atoms with Crippen LogP contribution in [0.25, 0.3) is 0 Å². The van der Waals surface area contributed by atoms with Crippen molar-refractivity contribution >= 4 is 23.4 Å². The number of rotatable bonds is 4. The number of carbonyl (C=O) groups excluding carboxylic acids is 1. The molecular weight excluding hydrogens is 224 g/mol. The van der Waals surface area contributed by atoms with Crippen molar-refractivity contribution in [2.24, 2.45) is 5.73 Å². The second kappa shape index (κ2) is 5.36. The number of thioether (sulfide) groups is 1. The molecule has 0 saturated heterocycles. The monoisotopic (exact) mass is 242 g/mol. The molecule has 1 rings (SSSR count). The fraction of sp³-hybridized carbons (Fsp3) is 0.600. The molecule has 0 aliphatic heterocycles. The Morgan fingerprint density at radius 3 is 2.62 bits per heavy atom. The van der Waals surface area contributed by atoms with Crippen LogP contribution in [0.1, 0.15) is 22.6 Å². The highest BCUT2D eigenvalue weighted by Crippen LogP contribution is 2.15. The summed E-state index contributed by atoms with van der Waals surface area (Å²) in [6.45, 7) is 3.55. The molecule has 0 fully saturated rings. The minimum atomic E-state index is -0.509. The fourth-order valence-electron chi connectivity index (χ4n) is 1.39. The van der Waals surface area contributed by atoms with Crippen LogP contribution < -0.4 is 11.5 Å². The van der Waals surface area contributed by atoms with Gasteiger partial charge in [0, 0.05) is 0 Å². The van der Waals surface area contributed by atoms with E-state index >= 15 is 0 Å². The first-order valence-corrected chi connectivity index (χ1v) is 6.48. The van der Waals surface area contributed by atoms with E-state index in [9.17, 15) is 4.79 Å². The number of nitrogens with two attached hydrogens (primary N) is 2. The number of nitrogens with zero attached hydrogens (tertiary/aromatic N) is 2. The third-order valence-electron chi connectivity index (χ3n) is 2.51. The van der Waals surface area contributed by atoms with Crippen LogP contribution in [-0.4, -0.2) is 33.7 Å². The number of anilines is 1. The summed E-state index contributed by atoms with van der Waals surface area (Å²) in [6, 6.07) is -0.509. The largest absolute Gasteiger partial charge is 0.396 e. The Morgan fingerprint density at radius 1 is 1.56 bits per heavy atom. The number of aryl methyl sites for hydroxylation is 1. The number of hydrogen-bond donors (Lipinski definition) is 2.